The number of anilines is 1. The molecule has 0 aliphatic carbocycles. The molecule has 0 saturated heterocycles. The Morgan fingerprint density at radius 1 is 0.893 bits per heavy atom. The molecule has 0 bridgehead atoms. The van der Waals surface area contributed by atoms with Gasteiger partial charge in [0.05, 0.1) is 24.5 Å². The molecule has 2 aromatic carbocycles. The van der Waals surface area contributed by atoms with Crippen molar-refractivity contribution in [1.82, 2.24) is 0 Å². The Bertz CT molecular complexity index is 898. The lowest BCUT2D eigenvalue weighted by atomic mass is 10.1. The minimum absolute atomic E-state index is 0.0192. The summed E-state index contributed by atoms with van der Waals surface area (Å²) in [6.45, 7) is 7.07. The first-order valence-electron chi connectivity index (χ1n) is 9.20. The molecule has 6 nitrogen and oxygen atoms in total. The van der Waals surface area contributed by atoms with Gasteiger partial charge in [-0.05, 0) is 54.8 Å². The maximum atomic E-state index is 12.9. The molecule has 1 aliphatic heterocycles. The van der Waals surface area contributed by atoms with Crippen LogP contribution in [0.1, 0.15) is 26.3 Å². The minimum Gasteiger partial charge on any atom is -0.502 e. The van der Waals surface area contributed by atoms with E-state index in [9.17, 15) is 14.7 Å². The minimum atomic E-state index is -0.746. The third-order valence-electron chi connectivity index (χ3n) is 4.19. The van der Waals surface area contributed by atoms with Crippen molar-refractivity contribution in [1.29, 1.82) is 0 Å². The van der Waals surface area contributed by atoms with Gasteiger partial charge in [-0.1, -0.05) is 26.0 Å². The molecule has 146 valence electrons. The van der Waals surface area contributed by atoms with E-state index in [1.54, 1.807) is 48.5 Å². The molecule has 0 atom stereocenters. The van der Waals surface area contributed by atoms with E-state index in [0.717, 1.165) is 4.90 Å². The van der Waals surface area contributed by atoms with Crippen molar-refractivity contribution in [3.8, 4) is 11.5 Å². The van der Waals surface area contributed by atoms with E-state index in [1.807, 2.05) is 6.92 Å². The second-order valence-corrected chi connectivity index (χ2v) is 6.83. The molecule has 3 rings (SSSR count). The lowest BCUT2D eigenvalue weighted by Gasteiger charge is -2.15. The number of amides is 2. The average molecular weight is 381 g/mol. The molecular weight excluding hydrogens is 358 g/mol. The highest BCUT2D eigenvalue weighted by molar-refractivity contribution is 6.44. The molecule has 0 unspecified atom stereocenters. The lowest BCUT2D eigenvalue weighted by Crippen LogP contribution is -2.31. The third-order valence-corrected chi connectivity index (χ3v) is 4.19. The van der Waals surface area contributed by atoms with Gasteiger partial charge >= 0.3 is 5.91 Å². The molecule has 1 heterocycles. The molecule has 0 aromatic heterocycles. The summed E-state index contributed by atoms with van der Waals surface area (Å²) in [6.07, 6.45) is 0. The predicted octanol–water partition coefficient (Wildman–Crippen LogP) is 3.96. The van der Waals surface area contributed by atoms with Crippen LogP contribution in [0.2, 0.25) is 0 Å². The lowest BCUT2D eigenvalue weighted by molar-refractivity contribution is -0.121. The van der Waals surface area contributed by atoms with E-state index in [2.05, 4.69) is 13.8 Å². The number of imide groups is 1. The van der Waals surface area contributed by atoms with E-state index < -0.39 is 17.6 Å². The zero-order valence-electron chi connectivity index (χ0n) is 16.1. The molecule has 2 aromatic rings. The normalized spacial score (nSPS) is 14.2. The van der Waals surface area contributed by atoms with Crippen LogP contribution in [0.25, 0.3) is 5.57 Å². The van der Waals surface area contributed by atoms with Crippen LogP contribution in [0.5, 0.6) is 11.5 Å². The predicted molar refractivity (Wildman–Crippen MR) is 106 cm³/mol. The van der Waals surface area contributed by atoms with Crippen LogP contribution in [-0.4, -0.2) is 30.1 Å². The molecule has 6 heteroatoms. The van der Waals surface area contributed by atoms with Gasteiger partial charge in [0.1, 0.15) is 11.5 Å². The summed E-state index contributed by atoms with van der Waals surface area (Å²) in [5.41, 5.74) is 0.812. The van der Waals surface area contributed by atoms with Gasteiger partial charge in [0, 0.05) is 0 Å². The highest BCUT2D eigenvalue weighted by Crippen LogP contribution is 2.33. The van der Waals surface area contributed by atoms with Gasteiger partial charge < -0.3 is 14.6 Å². The van der Waals surface area contributed by atoms with Crippen molar-refractivity contribution in [2.45, 2.75) is 20.8 Å². The van der Waals surface area contributed by atoms with Gasteiger partial charge in [0.2, 0.25) is 0 Å². The third kappa shape index (κ3) is 3.86. The SMILES string of the molecule is CCOc1ccc(N2C(=O)C(O)=C(c3ccc(OCC(C)C)cc3)C2=O)cc1. The molecule has 0 fully saturated rings. The highest BCUT2D eigenvalue weighted by Gasteiger charge is 2.40. The van der Waals surface area contributed by atoms with Crippen LogP contribution in [0.4, 0.5) is 5.69 Å². The summed E-state index contributed by atoms with van der Waals surface area (Å²) in [4.78, 5) is 26.3. The van der Waals surface area contributed by atoms with E-state index in [-0.39, 0.29) is 5.57 Å². The number of carbonyl (C=O) groups excluding carboxylic acids is 2. The second-order valence-electron chi connectivity index (χ2n) is 6.83. The van der Waals surface area contributed by atoms with Gasteiger partial charge in [-0.3, -0.25) is 9.59 Å². The maximum absolute atomic E-state index is 12.9. The van der Waals surface area contributed by atoms with Crippen molar-refractivity contribution in [3.05, 3.63) is 59.9 Å². The highest BCUT2D eigenvalue weighted by atomic mass is 16.5. The standard InChI is InChI=1S/C22H23NO5/c1-4-27-17-11-7-16(8-12-17)23-21(25)19(20(24)22(23)26)15-5-9-18(10-6-15)28-13-14(2)3/h5-12,14,24H,4,13H2,1-3H3. The Morgan fingerprint density at radius 3 is 2.04 bits per heavy atom. The van der Waals surface area contributed by atoms with Gasteiger partial charge in [0.25, 0.3) is 5.91 Å². The maximum Gasteiger partial charge on any atom is 0.301 e. The van der Waals surface area contributed by atoms with Gasteiger partial charge in [-0.25, -0.2) is 4.90 Å². The quantitative estimate of drug-likeness (QED) is 0.735. The molecular formula is C22H23NO5. The van der Waals surface area contributed by atoms with Crippen molar-refractivity contribution >= 4 is 23.1 Å². The molecule has 0 spiro atoms. The molecule has 0 saturated carbocycles. The summed E-state index contributed by atoms with van der Waals surface area (Å²) in [5.74, 6) is -0.179. The zero-order chi connectivity index (χ0) is 20.3. The fourth-order valence-corrected chi connectivity index (χ4v) is 2.85. The van der Waals surface area contributed by atoms with Crippen LogP contribution in [-0.2, 0) is 9.59 Å². The van der Waals surface area contributed by atoms with Crippen molar-refractivity contribution in [2.24, 2.45) is 5.92 Å². The van der Waals surface area contributed by atoms with Crippen molar-refractivity contribution < 1.29 is 24.2 Å². The monoisotopic (exact) mass is 381 g/mol. The number of ether oxygens (including phenoxy) is 2. The largest absolute Gasteiger partial charge is 0.502 e. The zero-order valence-corrected chi connectivity index (χ0v) is 16.1. The number of aliphatic hydroxyl groups is 1. The number of aliphatic hydroxyl groups excluding tert-OH is 1. The fraction of sp³-hybridized carbons (Fsp3) is 0.273. The molecule has 1 N–H and O–H groups in total. The van der Waals surface area contributed by atoms with Crippen LogP contribution in [0, 0.1) is 5.92 Å². The first-order valence-corrected chi connectivity index (χ1v) is 9.20. The number of nitrogens with zero attached hydrogens (tertiary/aromatic N) is 1. The van der Waals surface area contributed by atoms with E-state index in [1.165, 1.54) is 0 Å². The van der Waals surface area contributed by atoms with Crippen LogP contribution in [0.3, 0.4) is 0 Å². The Hall–Kier alpha value is -3.28. The number of hydrogen-bond acceptors (Lipinski definition) is 5. The second kappa shape index (κ2) is 8.17. The Labute approximate surface area is 164 Å². The Morgan fingerprint density at radius 2 is 1.46 bits per heavy atom. The molecule has 0 radical (unpaired) electrons. The number of carbonyl (C=O) groups is 2. The van der Waals surface area contributed by atoms with Crippen molar-refractivity contribution in [3.63, 3.8) is 0 Å². The molecule has 2 amide bonds. The first kappa shape index (κ1) is 19.5. The summed E-state index contributed by atoms with van der Waals surface area (Å²) < 4.78 is 11.0. The van der Waals surface area contributed by atoms with E-state index in [0.29, 0.717) is 41.9 Å². The van der Waals surface area contributed by atoms with Gasteiger partial charge in [0.15, 0.2) is 5.76 Å². The Balaban J connectivity index is 1.83. The number of hydrogen-bond donors (Lipinski definition) is 1. The number of benzene rings is 2. The molecule has 28 heavy (non-hydrogen) atoms. The number of rotatable bonds is 7. The van der Waals surface area contributed by atoms with Gasteiger partial charge in [-0.15, -0.1) is 0 Å². The average Bonchev–Trinajstić information content (AvgIpc) is 2.90. The van der Waals surface area contributed by atoms with E-state index >= 15 is 0 Å². The van der Waals surface area contributed by atoms with Crippen molar-refractivity contribution in [2.75, 3.05) is 18.1 Å². The first-order chi connectivity index (χ1) is 13.4. The van der Waals surface area contributed by atoms with E-state index in [4.69, 9.17) is 9.47 Å². The fourth-order valence-electron chi connectivity index (χ4n) is 2.85. The Kier molecular flexibility index (Phi) is 5.68. The molecule has 1 aliphatic rings. The smallest absolute Gasteiger partial charge is 0.301 e. The van der Waals surface area contributed by atoms with Crippen LogP contribution < -0.4 is 14.4 Å². The summed E-state index contributed by atoms with van der Waals surface area (Å²) in [5, 5.41) is 10.3. The summed E-state index contributed by atoms with van der Waals surface area (Å²) in [7, 11) is 0. The van der Waals surface area contributed by atoms with Gasteiger partial charge in [-0.2, -0.15) is 0 Å². The summed E-state index contributed by atoms with van der Waals surface area (Å²) in [6, 6.07) is 13.3. The summed E-state index contributed by atoms with van der Waals surface area (Å²) >= 11 is 0. The van der Waals surface area contributed by atoms with Crippen LogP contribution >= 0.6 is 0 Å². The van der Waals surface area contributed by atoms with Crippen LogP contribution in [0.15, 0.2) is 54.3 Å². The topological polar surface area (TPSA) is 76.1 Å².